The van der Waals surface area contributed by atoms with Crippen LogP contribution in [-0.2, 0) is 4.79 Å². The number of aryl methyl sites for hydroxylation is 2. The van der Waals surface area contributed by atoms with Gasteiger partial charge in [0.1, 0.15) is 18.1 Å². The Morgan fingerprint density at radius 3 is 2.32 bits per heavy atom. The van der Waals surface area contributed by atoms with E-state index in [-0.39, 0.29) is 5.91 Å². The maximum Gasteiger partial charge on any atom is 0.263 e. The third kappa shape index (κ3) is 5.68. The lowest BCUT2D eigenvalue weighted by molar-refractivity contribution is -0.134. The summed E-state index contributed by atoms with van der Waals surface area (Å²) in [5, 5.41) is 3.46. The molecular weight excluding hydrogens is 338 g/mol. The molecule has 0 heterocycles. The Hall–Kier alpha value is -2.20. The summed E-state index contributed by atoms with van der Waals surface area (Å²) in [5.41, 5.74) is 1.41. The predicted molar refractivity (Wildman–Crippen MR) is 101 cm³/mol. The van der Waals surface area contributed by atoms with E-state index >= 15 is 0 Å². The van der Waals surface area contributed by atoms with Gasteiger partial charge in [0.05, 0.1) is 6.54 Å². The maximum atomic E-state index is 12.3. The van der Waals surface area contributed by atoms with Gasteiger partial charge in [-0.05, 0) is 75.2 Å². The molecule has 0 aliphatic heterocycles. The molecule has 0 radical (unpaired) electrons. The Morgan fingerprint density at radius 1 is 1.04 bits per heavy atom. The second-order valence-electron chi connectivity index (χ2n) is 6.42. The molecule has 1 amide bonds. The van der Waals surface area contributed by atoms with Crippen LogP contribution in [0, 0.1) is 13.8 Å². The van der Waals surface area contributed by atoms with Gasteiger partial charge >= 0.3 is 0 Å². The highest BCUT2D eigenvalue weighted by molar-refractivity contribution is 6.30. The molecule has 0 unspecified atom stereocenters. The Kier molecular flexibility index (Phi) is 6.32. The average Bonchev–Trinajstić information content (AvgIpc) is 2.56. The van der Waals surface area contributed by atoms with Crippen LogP contribution in [0.5, 0.6) is 11.5 Å². The minimum atomic E-state index is -0.992. The van der Waals surface area contributed by atoms with Crippen molar-refractivity contribution in [2.75, 3.05) is 13.2 Å². The fourth-order valence-corrected chi connectivity index (χ4v) is 2.32. The SMILES string of the molecule is Cc1ccc(OCCNC(=O)C(C)(C)Oc2ccc(Cl)cc2)cc1C. The summed E-state index contributed by atoms with van der Waals surface area (Å²) in [6.45, 7) is 8.34. The molecule has 1 N–H and O–H groups in total. The zero-order valence-electron chi connectivity index (χ0n) is 15.1. The molecule has 0 atom stereocenters. The molecule has 0 bridgehead atoms. The monoisotopic (exact) mass is 361 g/mol. The van der Waals surface area contributed by atoms with E-state index in [1.54, 1.807) is 38.1 Å². The van der Waals surface area contributed by atoms with Gasteiger partial charge in [-0.1, -0.05) is 17.7 Å². The number of carbonyl (C=O) groups is 1. The first-order valence-electron chi connectivity index (χ1n) is 8.21. The minimum absolute atomic E-state index is 0.203. The molecule has 5 heteroatoms. The molecule has 0 saturated heterocycles. The first-order chi connectivity index (χ1) is 11.8. The zero-order chi connectivity index (χ0) is 18.4. The van der Waals surface area contributed by atoms with Crippen LogP contribution >= 0.6 is 11.6 Å². The lowest BCUT2D eigenvalue weighted by Gasteiger charge is -2.25. The number of hydrogen-bond donors (Lipinski definition) is 1. The number of halogens is 1. The van der Waals surface area contributed by atoms with Crippen LogP contribution in [0.1, 0.15) is 25.0 Å². The predicted octanol–water partition coefficient (Wildman–Crippen LogP) is 4.31. The Labute approximate surface area is 154 Å². The van der Waals surface area contributed by atoms with Gasteiger partial charge in [0.25, 0.3) is 5.91 Å². The van der Waals surface area contributed by atoms with E-state index in [0.717, 1.165) is 5.75 Å². The van der Waals surface area contributed by atoms with Crippen LogP contribution in [-0.4, -0.2) is 24.7 Å². The molecule has 0 spiro atoms. The number of carbonyl (C=O) groups excluding carboxylic acids is 1. The largest absolute Gasteiger partial charge is 0.492 e. The molecule has 0 aliphatic rings. The van der Waals surface area contributed by atoms with Gasteiger partial charge < -0.3 is 14.8 Å². The van der Waals surface area contributed by atoms with Gasteiger partial charge in [-0.15, -0.1) is 0 Å². The number of benzene rings is 2. The molecule has 25 heavy (non-hydrogen) atoms. The lowest BCUT2D eigenvalue weighted by atomic mass is 10.1. The van der Waals surface area contributed by atoms with Crippen molar-refractivity contribution >= 4 is 17.5 Å². The summed E-state index contributed by atoms with van der Waals surface area (Å²) in [6.07, 6.45) is 0. The highest BCUT2D eigenvalue weighted by Crippen LogP contribution is 2.21. The second kappa shape index (κ2) is 8.26. The molecule has 0 saturated carbocycles. The highest BCUT2D eigenvalue weighted by Gasteiger charge is 2.29. The zero-order valence-corrected chi connectivity index (χ0v) is 15.8. The first kappa shape index (κ1) is 19.1. The van der Waals surface area contributed by atoms with Crippen LogP contribution in [0.3, 0.4) is 0 Å². The molecular formula is C20H24ClNO3. The minimum Gasteiger partial charge on any atom is -0.492 e. The van der Waals surface area contributed by atoms with E-state index in [4.69, 9.17) is 21.1 Å². The molecule has 2 aromatic rings. The van der Waals surface area contributed by atoms with E-state index in [0.29, 0.717) is 23.9 Å². The van der Waals surface area contributed by atoms with Crippen LogP contribution in [0.2, 0.25) is 5.02 Å². The fourth-order valence-electron chi connectivity index (χ4n) is 2.19. The summed E-state index contributed by atoms with van der Waals surface area (Å²) in [5.74, 6) is 1.19. The smallest absolute Gasteiger partial charge is 0.263 e. The van der Waals surface area contributed by atoms with Crippen molar-refractivity contribution in [3.05, 3.63) is 58.6 Å². The van der Waals surface area contributed by atoms with Crippen molar-refractivity contribution < 1.29 is 14.3 Å². The Morgan fingerprint density at radius 2 is 1.68 bits per heavy atom. The molecule has 134 valence electrons. The molecule has 0 fully saturated rings. The fraction of sp³-hybridized carbons (Fsp3) is 0.350. The molecule has 2 aromatic carbocycles. The van der Waals surface area contributed by atoms with Crippen molar-refractivity contribution in [3.8, 4) is 11.5 Å². The Balaban J connectivity index is 1.80. The first-order valence-corrected chi connectivity index (χ1v) is 8.59. The van der Waals surface area contributed by atoms with Crippen molar-refractivity contribution in [2.45, 2.75) is 33.3 Å². The molecule has 0 aliphatic carbocycles. The van der Waals surface area contributed by atoms with Crippen LogP contribution in [0.4, 0.5) is 0 Å². The highest BCUT2D eigenvalue weighted by atomic mass is 35.5. The second-order valence-corrected chi connectivity index (χ2v) is 6.85. The standard InChI is InChI=1S/C20H24ClNO3/c1-14-5-8-18(13-15(14)2)24-12-11-22-19(23)20(3,4)25-17-9-6-16(21)7-10-17/h5-10,13H,11-12H2,1-4H3,(H,22,23). The van der Waals surface area contributed by atoms with Gasteiger partial charge in [-0.3, -0.25) is 4.79 Å². The summed E-state index contributed by atoms with van der Waals surface area (Å²) >= 11 is 5.85. The van der Waals surface area contributed by atoms with Crippen LogP contribution in [0.15, 0.2) is 42.5 Å². The van der Waals surface area contributed by atoms with Gasteiger partial charge in [0.2, 0.25) is 0 Å². The number of hydrogen-bond acceptors (Lipinski definition) is 3. The summed E-state index contributed by atoms with van der Waals surface area (Å²) in [7, 11) is 0. The van der Waals surface area contributed by atoms with Crippen molar-refractivity contribution in [3.63, 3.8) is 0 Å². The maximum absolute atomic E-state index is 12.3. The normalized spacial score (nSPS) is 11.1. The average molecular weight is 362 g/mol. The summed E-state index contributed by atoms with van der Waals surface area (Å²) in [6, 6.07) is 12.9. The van der Waals surface area contributed by atoms with E-state index in [9.17, 15) is 4.79 Å². The molecule has 0 aromatic heterocycles. The molecule has 2 rings (SSSR count). The van der Waals surface area contributed by atoms with Crippen molar-refractivity contribution in [1.29, 1.82) is 0 Å². The molecule has 4 nitrogen and oxygen atoms in total. The number of amides is 1. The Bertz CT molecular complexity index is 726. The van der Waals surface area contributed by atoms with Gasteiger partial charge in [0.15, 0.2) is 5.60 Å². The van der Waals surface area contributed by atoms with Gasteiger partial charge in [0, 0.05) is 5.02 Å². The third-order valence-electron chi connectivity index (χ3n) is 3.87. The van der Waals surface area contributed by atoms with Crippen molar-refractivity contribution in [1.82, 2.24) is 5.32 Å². The summed E-state index contributed by atoms with van der Waals surface area (Å²) in [4.78, 5) is 12.3. The lowest BCUT2D eigenvalue weighted by Crippen LogP contribution is -2.47. The number of nitrogens with one attached hydrogen (secondary N) is 1. The van der Waals surface area contributed by atoms with Crippen LogP contribution in [0.25, 0.3) is 0 Å². The van der Waals surface area contributed by atoms with E-state index < -0.39 is 5.60 Å². The van der Waals surface area contributed by atoms with Gasteiger partial charge in [-0.2, -0.15) is 0 Å². The third-order valence-corrected chi connectivity index (χ3v) is 4.12. The summed E-state index contributed by atoms with van der Waals surface area (Å²) < 4.78 is 11.4. The topological polar surface area (TPSA) is 47.6 Å². The van der Waals surface area contributed by atoms with E-state index in [1.807, 2.05) is 25.1 Å². The van der Waals surface area contributed by atoms with Gasteiger partial charge in [-0.25, -0.2) is 0 Å². The van der Waals surface area contributed by atoms with E-state index in [2.05, 4.69) is 12.2 Å². The number of ether oxygens (including phenoxy) is 2. The van der Waals surface area contributed by atoms with Crippen molar-refractivity contribution in [2.24, 2.45) is 0 Å². The van der Waals surface area contributed by atoms with E-state index in [1.165, 1.54) is 11.1 Å². The quantitative estimate of drug-likeness (QED) is 0.747. The number of rotatable bonds is 7. The van der Waals surface area contributed by atoms with Crippen LogP contribution < -0.4 is 14.8 Å².